The third kappa shape index (κ3) is 1.06. The molecule has 0 saturated heterocycles. The first-order valence-electron chi connectivity index (χ1n) is 1.09. The minimum Gasteiger partial charge on any atom is -0.129 e. The zero-order valence-electron chi connectivity index (χ0n) is 2.84. The fraction of sp³-hybridized carbons (Fsp3) is 0. The Hall–Kier alpha value is -1.31. The number of nitrogens with one attached hydrogen (secondary N) is 2. The van der Waals surface area contributed by atoms with E-state index in [0.29, 0.717) is 0 Å². The molecular formula is CH2N5+. The SMILES string of the molecule is N#C[N+](=N)N=N. The van der Waals surface area contributed by atoms with E-state index in [4.69, 9.17) is 16.3 Å². The lowest BCUT2D eigenvalue weighted by atomic mass is 11.4. The van der Waals surface area contributed by atoms with Crippen LogP contribution in [0.2, 0.25) is 0 Å². The van der Waals surface area contributed by atoms with Crippen LogP contribution in [0.3, 0.4) is 0 Å². The molecule has 0 aliphatic heterocycles. The van der Waals surface area contributed by atoms with E-state index in [0.717, 1.165) is 0 Å². The summed E-state index contributed by atoms with van der Waals surface area (Å²) >= 11 is 0. The van der Waals surface area contributed by atoms with Crippen LogP contribution in [0, 0.1) is 22.5 Å². The van der Waals surface area contributed by atoms with E-state index in [1.807, 2.05) is 0 Å². The summed E-state index contributed by atoms with van der Waals surface area (Å²) in [5.41, 5.74) is 12.1. The molecule has 0 aromatic rings. The fourth-order valence-corrected chi connectivity index (χ4v) is 0.0224. The van der Waals surface area contributed by atoms with Gasteiger partial charge in [-0.05, 0) is 5.53 Å². The summed E-state index contributed by atoms with van der Waals surface area (Å²) in [7, 11) is 0. The minimum absolute atomic E-state index is 0.0972. The van der Waals surface area contributed by atoms with Gasteiger partial charge in [-0.25, -0.2) is 0 Å². The summed E-state index contributed by atoms with van der Waals surface area (Å²) in [6, 6.07) is 0. The van der Waals surface area contributed by atoms with E-state index in [1.54, 1.807) is 0 Å². The van der Waals surface area contributed by atoms with Crippen molar-refractivity contribution in [3.05, 3.63) is 0 Å². The van der Waals surface area contributed by atoms with E-state index in [2.05, 4.69) is 5.22 Å². The second-order valence-electron chi connectivity index (χ2n) is 0.512. The molecule has 0 heterocycles. The van der Waals surface area contributed by atoms with Crippen LogP contribution in [0.25, 0.3) is 0 Å². The Morgan fingerprint density at radius 2 is 2.33 bits per heavy atom. The maximum atomic E-state index is 7.61. The molecule has 0 aliphatic rings. The second-order valence-corrected chi connectivity index (χ2v) is 0.512. The van der Waals surface area contributed by atoms with Crippen molar-refractivity contribution >= 4 is 0 Å². The van der Waals surface area contributed by atoms with Gasteiger partial charge in [0.2, 0.25) is 0 Å². The zero-order chi connectivity index (χ0) is 4.99. The molecule has 0 amide bonds. The van der Waals surface area contributed by atoms with Crippen LogP contribution < -0.4 is 0 Å². The summed E-state index contributed by atoms with van der Waals surface area (Å²) in [6.07, 6.45) is 1.26. The smallest absolute Gasteiger partial charge is 0.129 e. The van der Waals surface area contributed by atoms with Gasteiger partial charge < -0.3 is 0 Å². The van der Waals surface area contributed by atoms with Crippen molar-refractivity contribution in [2.75, 3.05) is 0 Å². The molecule has 2 N–H and O–H groups in total. The highest BCUT2D eigenvalue weighted by molar-refractivity contribution is 4.32. The van der Waals surface area contributed by atoms with E-state index < -0.39 is 0 Å². The van der Waals surface area contributed by atoms with Gasteiger partial charge in [-0.3, -0.25) is 0 Å². The number of nitriles is 1. The largest absolute Gasteiger partial charge is 0.417 e. The first-order valence-corrected chi connectivity index (χ1v) is 1.09. The maximum absolute atomic E-state index is 7.61. The van der Waals surface area contributed by atoms with Gasteiger partial charge in [0, 0.05) is 10.1 Å². The van der Waals surface area contributed by atoms with E-state index >= 15 is 0 Å². The standard InChI is InChI=1S/CH2N5/c2-1-6(4)5-3/h3-4H/q+1. The minimum atomic E-state index is 0.0972. The highest BCUT2D eigenvalue weighted by Gasteiger charge is 1.82. The van der Waals surface area contributed by atoms with Crippen LogP contribution in [-0.2, 0) is 0 Å². The van der Waals surface area contributed by atoms with E-state index in [-0.39, 0.29) is 4.81 Å². The third-order valence-electron chi connectivity index (χ3n) is 0.195. The molecule has 0 unspecified atom stereocenters. The van der Waals surface area contributed by atoms with Crippen LogP contribution in [0.4, 0.5) is 0 Å². The molecule has 5 heteroatoms. The Kier molecular flexibility index (Phi) is 1.53. The number of rotatable bonds is 1. The number of hydrogen-bond donors (Lipinski definition) is 2. The second kappa shape index (κ2) is 1.96. The molecule has 0 saturated carbocycles. The van der Waals surface area contributed by atoms with Crippen molar-refractivity contribution in [3.63, 3.8) is 0 Å². The molecule has 0 spiro atoms. The number of hydrogen-bond acceptors (Lipinski definition) is 3. The van der Waals surface area contributed by atoms with Gasteiger partial charge in [0.15, 0.2) is 0 Å². The lowest BCUT2D eigenvalue weighted by Crippen LogP contribution is -1.80. The zero-order valence-corrected chi connectivity index (χ0v) is 2.84. The van der Waals surface area contributed by atoms with Crippen LogP contribution >= 0.6 is 0 Å². The number of nitrogens with zero attached hydrogens (tertiary/aromatic N) is 3. The molecule has 6 heavy (non-hydrogen) atoms. The maximum Gasteiger partial charge on any atom is 0.417 e. The predicted octanol–water partition coefficient (Wildman–Crippen LogP) is 0.457. The van der Waals surface area contributed by atoms with Gasteiger partial charge in [-0.1, -0.05) is 0 Å². The lowest BCUT2D eigenvalue weighted by molar-refractivity contribution is -0.551. The van der Waals surface area contributed by atoms with Crippen LogP contribution in [0.15, 0.2) is 5.22 Å². The molecular weight excluding hydrogens is 82.0 g/mol. The Bertz CT molecular complexity index is 106. The van der Waals surface area contributed by atoms with Crippen molar-refractivity contribution in [1.82, 2.24) is 0 Å². The fourth-order valence-electron chi connectivity index (χ4n) is 0.0224. The molecule has 0 radical (unpaired) electrons. The van der Waals surface area contributed by atoms with Gasteiger partial charge >= 0.3 is 6.19 Å². The molecule has 0 aromatic heterocycles. The Balaban J connectivity index is 3.63. The van der Waals surface area contributed by atoms with Crippen molar-refractivity contribution < 1.29 is 4.81 Å². The monoisotopic (exact) mass is 84.0 g/mol. The molecule has 30 valence electrons. The molecule has 0 rings (SSSR count). The average Bonchev–Trinajstić information content (AvgIpc) is 1.65. The molecule has 5 nitrogen and oxygen atoms in total. The molecule has 0 aliphatic carbocycles. The molecule has 0 fully saturated rings. The molecule has 0 atom stereocenters. The van der Waals surface area contributed by atoms with Crippen molar-refractivity contribution in [2.45, 2.75) is 0 Å². The van der Waals surface area contributed by atoms with Gasteiger partial charge in [0.1, 0.15) is 0 Å². The lowest BCUT2D eigenvalue weighted by Gasteiger charge is -1.59. The summed E-state index contributed by atoms with van der Waals surface area (Å²) in [4.78, 5) is 0.0972. The van der Waals surface area contributed by atoms with Gasteiger partial charge in [0.25, 0.3) is 0 Å². The molecule has 0 aromatic carbocycles. The predicted molar refractivity (Wildman–Crippen MR) is 13.7 cm³/mol. The first-order chi connectivity index (χ1) is 2.81. The van der Waals surface area contributed by atoms with Crippen LogP contribution in [-0.4, -0.2) is 4.81 Å². The first kappa shape index (κ1) is 4.69. The van der Waals surface area contributed by atoms with Gasteiger partial charge in [-0.15, -0.1) is 5.53 Å². The van der Waals surface area contributed by atoms with Crippen molar-refractivity contribution in [2.24, 2.45) is 5.22 Å². The van der Waals surface area contributed by atoms with Crippen molar-refractivity contribution in [1.29, 1.82) is 16.3 Å². The summed E-state index contributed by atoms with van der Waals surface area (Å²) in [5, 5.41) is 10.0. The van der Waals surface area contributed by atoms with E-state index in [9.17, 15) is 0 Å². The summed E-state index contributed by atoms with van der Waals surface area (Å²) < 4.78 is 0. The van der Waals surface area contributed by atoms with Crippen LogP contribution in [0.5, 0.6) is 0 Å². The average molecular weight is 84.1 g/mol. The summed E-state index contributed by atoms with van der Waals surface area (Å²) in [5.74, 6) is 0. The van der Waals surface area contributed by atoms with Gasteiger partial charge in [0.05, 0.1) is 5.22 Å². The highest BCUT2D eigenvalue weighted by atomic mass is 15.5. The van der Waals surface area contributed by atoms with Gasteiger partial charge in [-0.2, -0.15) is 0 Å². The Morgan fingerprint density at radius 3 is 2.33 bits per heavy atom. The van der Waals surface area contributed by atoms with E-state index in [1.165, 1.54) is 6.19 Å². The van der Waals surface area contributed by atoms with Crippen molar-refractivity contribution in [3.8, 4) is 6.19 Å². The topological polar surface area (TPSA) is 86.9 Å². The Labute approximate surface area is 33.8 Å². The summed E-state index contributed by atoms with van der Waals surface area (Å²) in [6.45, 7) is 0. The molecule has 0 bridgehead atoms. The quantitative estimate of drug-likeness (QED) is 0.156. The third-order valence-corrected chi connectivity index (χ3v) is 0.195. The Morgan fingerprint density at radius 1 is 1.83 bits per heavy atom. The van der Waals surface area contributed by atoms with Crippen LogP contribution in [0.1, 0.15) is 0 Å². The normalized spacial score (nSPS) is 5.83. The highest BCUT2D eigenvalue weighted by Crippen LogP contribution is 1.61.